The fraction of sp³-hybridized carbons (Fsp3) is 0.375. The first-order chi connectivity index (χ1) is 9.66. The van der Waals surface area contributed by atoms with Gasteiger partial charge in [-0.15, -0.1) is 0 Å². The first-order valence-corrected chi connectivity index (χ1v) is 6.93. The average molecular weight is 270 g/mol. The summed E-state index contributed by atoms with van der Waals surface area (Å²) < 4.78 is 0. The van der Waals surface area contributed by atoms with Crippen molar-refractivity contribution >= 4 is 5.69 Å². The Labute approximate surface area is 120 Å². The largest absolute Gasteiger partial charge is 0.370 e. The van der Waals surface area contributed by atoms with E-state index in [9.17, 15) is 0 Å². The Kier molecular flexibility index (Phi) is 5.07. The van der Waals surface area contributed by atoms with Crippen molar-refractivity contribution in [1.29, 1.82) is 0 Å². The first kappa shape index (κ1) is 14.5. The van der Waals surface area contributed by atoms with Crippen molar-refractivity contribution < 1.29 is 0 Å². The highest BCUT2D eigenvalue weighted by atomic mass is 15.1. The van der Waals surface area contributed by atoms with Gasteiger partial charge in [0.1, 0.15) is 0 Å². The Morgan fingerprint density at radius 3 is 2.65 bits per heavy atom. The monoisotopic (exact) mass is 270 g/mol. The lowest BCUT2D eigenvalue weighted by Crippen LogP contribution is -2.24. The number of nitrogens with zero attached hydrogens (tertiary/aromatic N) is 3. The van der Waals surface area contributed by atoms with Gasteiger partial charge in [-0.05, 0) is 17.7 Å². The molecular weight excluding hydrogens is 248 g/mol. The molecule has 0 saturated heterocycles. The molecule has 0 aliphatic carbocycles. The molecule has 0 fully saturated rings. The first-order valence-electron chi connectivity index (χ1n) is 6.93. The van der Waals surface area contributed by atoms with Gasteiger partial charge >= 0.3 is 0 Å². The van der Waals surface area contributed by atoms with Crippen molar-refractivity contribution in [3.05, 3.63) is 54.1 Å². The smallest absolute Gasteiger partial charge is 0.0443 e. The molecule has 20 heavy (non-hydrogen) atoms. The van der Waals surface area contributed by atoms with E-state index in [0.29, 0.717) is 6.04 Å². The van der Waals surface area contributed by atoms with Crippen LogP contribution in [-0.2, 0) is 13.1 Å². The number of aromatic nitrogens is 2. The molecule has 0 unspecified atom stereocenters. The van der Waals surface area contributed by atoms with Gasteiger partial charge in [-0.1, -0.05) is 19.9 Å². The maximum Gasteiger partial charge on any atom is 0.0443 e. The fourth-order valence-corrected chi connectivity index (χ4v) is 2.09. The second-order valence-corrected chi connectivity index (χ2v) is 5.26. The highest BCUT2D eigenvalue weighted by Gasteiger charge is 2.08. The molecule has 2 aromatic rings. The molecule has 106 valence electrons. The number of rotatable bonds is 6. The zero-order valence-corrected chi connectivity index (χ0v) is 12.4. The van der Waals surface area contributed by atoms with E-state index in [2.05, 4.69) is 53.2 Å². The molecule has 2 aromatic heterocycles. The number of hydrogen-bond donors (Lipinski definition) is 1. The summed E-state index contributed by atoms with van der Waals surface area (Å²) >= 11 is 0. The van der Waals surface area contributed by atoms with Crippen LogP contribution < -0.4 is 10.2 Å². The van der Waals surface area contributed by atoms with E-state index in [1.807, 2.05) is 24.7 Å². The van der Waals surface area contributed by atoms with Crippen molar-refractivity contribution in [3.8, 4) is 0 Å². The van der Waals surface area contributed by atoms with Gasteiger partial charge in [0.15, 0.2) is 0 Å². The lowest BCUT2D eigenvalue weighted by Gasteiger charge is -2.22. The Morgan fingerprint density at radius 2 is 1.95 bits per heavy atom. The van der Waals surface area contributed by atoms with E-state index in [1.54, 1.807) is 6.20 Å². The third-order valence-electron chi connectivity index (χ3n) is 3.13. The third kappa shape index (κ3) is 4.03. The van der Waals surface area contributed by atoms with Gasteiger partial charge in [-0.25, -0.2) is 0 Å². The molecule has 0 aromatic carbocycles. The molecule has 0 atom stereocenters. The zero-order chi connectivity index (χ0) is 14.4. The van der Waals surface area contributed by atoms with Crippen LogP contribution in [0.1, 0.15) is 25.0 Å². The molecule has 2 heterocycles. The van der Waals surface area contributed by atoms with Crippen LogP contribution in [-0.4, -0.2) is 23.1 Å². The van der Waals surface area contributed by atoms with Gasteiger partial charge in [-0.2, -0.15) is 0 Å². The summed E-state index contributed by atoms with van der Waals surface area (Å²) in [5, 5.41) is 3.44. The summed E-state index contributed by atoms with van der Waals surface area (Å²) in [5.74, 6) is 0. The zero-order valence-electron chi connectivity index (χ0n) is 12.4. The van der Waals surface area contributed by atoms with Crippen LogP contribution in [0.2, 0.25) is 0 Å². The summed E-state index contributed by atoms with van der Waals surface area (Å²) in [4.78, 5) is 10.6. The predicted molar refractivity (Wildman–Crippen MR) is 82.6 cm³/mol. The van der Waals surface area contributed by atoms with E-state index >= 15 is 0 Å². The summed E-state index contributed by atoms with van der Waals surface area (Å²) in [6, 6.07) is 6.59. The van der Waals surface area contributed by atoms with Gasteiger partial charge in [-0.3, -0.25) is 9.97 Å². The van der Waals surface area contributed by atoms with Crippen molar-refractivity contribution in [3.63, 3.8) is 0 Å². The summed E-state index contributed by atoms with van der Waals surface area (Å²) in [7, 11) is 2.10. The summed E-state index contributed by atoms with van der Waals surface area (Å²) in [6.45, 7) is 5.97. The topological polar surface area (TPSA) is 41.1 Å². The SMILES string of the molecule is CC(C)NCc1cnccc1N(C)Cc1cccnc1. The summed E-state index contributed by atoms with van der Waals surface area (Å²) in [6.07, 6.45) is 7.48. The Bertz CT molecular complexity index is 525. The standard InChI is InChI=1S/C16H22N4/c1-13(2)19-11-15-10-18-8-6-16(15)20(3)12-14-5-4-7-17-9-14/h4-10,13,19H,11-12H2,1-3H3. The minimum atomic E-state index is 0.465. The molecule has 1 N–H and O–H groups in total. The molecule has 4 nitrogen and oxygen atoms in total. The van der Waals surface area contributed by atoms with Gasteiger partial charge in [0.25, 0.3) is 0 Å². The van der Waals surface area contributed by atoms with Gasteiger partial charge in [0, 0.05) is 62.2 Å². The third-order valence-corrected chi connectivity index (χ3v) is 3.13. The van der Waals surface area contributed by atoms with Crippen LogP contribution in [0, 0.1) is 0 Å². The number of nitrogens with one attached hydrogen (secondary N) is 1. The molecule has 0 bridgehead atoms. The Morgan fingerprint density at radius 1 is 1.15 bits per heavy atom. The Balaban J connectivity index is 2.11. The molecule has 0 radical (unpaired) electrons. The van der Waals surface area contributed by atoms with E-state index in [1.165, 1.54) is 16.8 Å². The van der Waals surface area contributed by atoms with Crippen LogP contribution in [0.4, 0.5) is 5.69 Å². The average Bonchev–Trinajstić information content (AvgIpc) is 2.46. The predicted octanol–water partition coefficient (Wildman–Crippen LogP) is 2.61. The lowest BCUT2D eigenvalue weighted by molar-refractivity contribution is 0.587. The minimum Gasteiger partial charge on any atom is -0.370 e. The minimum absolute atomic E-state index is 0.465. The molecule has 2 rings (SSSR count). The molecule has 0 saturated carbocycles. The second-order valence-electron chi connectivity index (χ2n) is 5.26. The fourth-order valence-electron chi connectivity index (χ4n) is 2.09. The van der Waals surface area contributed by atoms with Crippen LogP contribution in [0.25, 0.3) is 0 Å². The van der Waals surface area contributed by atoms with Crippen molar-refractivity contribution in [2.24, 2.45) is 0 Å². The summed E-state index contributed by atoms with van der Waals surface area (Å²) in [5.41, 5.74) is 3.62. The molecular formula is C16H22N4. The maximum absolute atomic E-state index is 4.23. The highest BCUT2D eigenvalue weighted by Crippen LogP contribution is 2.19. The normalized spacial score (nSPS) is 10.8. The maximum atomic E-state index is 4.23. The van der Waals surface area contributed by atoms with Crippen LogP contribution in [0.3, 0.4) is 0 Å². The molecule has 0 spiro atoms. The van der Waals surface area contributed by atoms with Crippen molar-refractivity contribution in [2.45, 2.75) is 33.0 Å². The number of hydrogen-bond acceptors (Lipinski definition) is 4. The van der Waals surface area contributed by atoms with Gasteiger partial charge in [0.05, 0.1) is 0 Å². The van der Waals surface area contributed by atoms with E-state index in [-0.39, 0.29) is 0 Å². The molecule has 0 aliphatic rings. The van der Waals surface area contributed by atoms with E-state index in [0.717, 1.165) is 13.1 Å². The van der Waals surface area contributed by atoms with Crippen LogP contribution >= 0.6 is 0 Å². The highest BCUT2D eigenvalue weighted by molar-refractivity contribution is 5.51. The van der Waals surface area contributed by atoms with Crippen LogP contribution in [0.5, 0.6) is 0 Å². The quantitative estimate of drug-likeness (QED) is 0.876. The van der Waals surface area contributed by atoms with E-state index < -0.39 is 0 Å². The Hall–Kier alpha value is -1.94. The van der Waals surface area contributed by atoms with Crippen LogP contribution in [0.15, 0.2) is 43.0 Å². The number of anilines is 1. The second kappa shape index (κ2) is 7.01. The van der Waals surface area contributed by atoms with Crippen molar-refractivity contribution in [1.82, 2.24) is 15.3 Å². The van der Waals surface area contributed by atoms with Crippen molar-refractivity contribution in [2.75, 3.05) is 11.9 Å². The molecule has 0 amide bonds. The van der Waals surface area contributed by atoms with Gasteiger partial charge in [0.2, 0.25) is 0 Å². The van der Waals surface area contributed by atoms with Gasteiger partial charge < -0.3 is 10.2 Å². The van der Waals surface area contributed by atoms with E-state index in [4.69, 9.17) is 0 Å². The molecule has 4 heteroatoms. The molecule has 0 aliphatic heterocycles. The number of pyridine rings is 2. The lowest BCUT2D eigenvalue weighted by atomic mass is 10.2.